The van der Waals surface area contributed by atoms with E-state index in [-0.39, 0.29) is 5.97 Å². The number of benzene rings is 1. The minimum absolute atomic E-state index is 0.0835. The third kappa shape index (κ3) is 7.83. The van der Waals surface area contributed by atoms with Crippen LogP contribution in [0, 0.1) is 0 Å². The first-order valence-electron chi connectivity index (χ1n) is 10.7. The number of esters is 1. The summed E-state index contributed by atoms with van der Waals surface area (Å²) in [7, 11) is 3.54. The van der Waals surface area contributed by atoms with E-state index in [4.69, 9.17) is 9.47 Å². The average molecular weight is 405 g/mol. The van der Waals surface area contributed by atoms with E-state index < -0.39 is 0 Å². The van der Waals surface area contributed by atoms with E-state index in [1.54, 1.807) is 7.11 Å². The van der Waals surface area contributed by atoms with Crippen LogP contribution in [0.25, 0.3) is 0 Å². The third-order valence-electron chi connectivity index (χ3n) is 5.12. The number of methoxy groups -OCH3 is 1. The molecule has 0 saturated carbocycles. The SMILES string of the molecule is CCOC(=O)CCCCCCNC(=NC)N1CCN(c2ccc(OC)cc2)CC1. The van der Waals surface area contributed by atoms with Crippen molar-refractivity contribution in [1.82, 2.24) is 10.2 Å². The van der Waals surface area contributed by atoms with Gasteiger partial charge in [-0.15, -0.1) is 0 Å². The van der Waals surface area contributed by atoms with Crippen molar-refractivity contribution in [2.45, 2.75) is 39.0 Å². The minimum Gasteiger partial charge on any atom is -0.497 e. The number of ether oxygens (including phenoxy) is 2. The maximum Gasteiger partial charge on any atom is 0.305 e. The van der Waals surface area contributed by atoms with Gasteiger partial charge in [-0.1, -0.05) is 12.8 Å². The quantitative estimate of drug-likeness (QED) is 0.280. The second-order valence-electron chi connectivity index (χ2n) is 7.12. The first-order chi connectivity index (χ1) is 14.2. The molecule has 1 aromatic carbocycles. The average Bonchev–Trinajstić information content (AvgIpc) is 2.76. The van der Waals surface area contributed by atoms with Gasteiger partial charge in [0, 0.05) is 51.9 Å². The molecule has 7 heteroatoms. The topological polar surface area (TPSA) is 66.4 Å². The Labute approximate surface area is 175 Å². The summed E-state index contributed by atoms with van der Waals surface area (Å²) in [5.41, 5.74) is 1.23. The summed E-state index contributed by atoms with van der Waals surface area (Å²) in [5, 5.41) is 3.48. The van der Waals surface area contributed by atoms with Crippen LogP contribution in [-0.2, 0) is 9.53 Å². The second kappa shape index (κ2) is 12.9. The Hall–Kier alpha value is -2.44. The molecule has 7 nitrogen and oxygen atoms in total. The zero-order chi connectivity index (χ0) is 20.9. The van der Waals surface area contributed by atoms with Gasteiger partial charge in [-0.2, -0.15) is 0 Å². The molecule has 162 valence electrons. The summed E-state index contributed by atoms with van der Waals surface area (Å²) in [6.07, 6.45) is 4.67. The van der Waals surface area contributed by atoms with Gasteiger partial charge in [0.25, 0.3) is 0 Å². The van der Waals surface area contributed by atoms with Gasteiger partial charge in [-0.3, -0.25) is 9.79 Å². The Kier molecular flexibility index (Phi) is 10.2. The summed E-state index contributed by atoms with van der Waals surface area (Å²) in [5.74, 6) is 1.78. The minimum atomic E-state index is -0.0835. The highest BCUT2D eigenvalue weighted by molar-refractivity contribution is 5.80. The van der Waals surface area contributed by atoms with E-state index in [1.807, 2.05) is 26.1 Å². The molecule has 0 aliphatic carbocycles. The molecule has 0 radical (unpaired) electrons. The zero-order valence-corrected chi connectivity index (χ0v) is 18.2. The van der Waals surface area contributed by atoms with Crippen molar-refractivity contribution >= 4 is 17.6 Å². The van der Waals surface area contributed by atoms with Crippen molar-refractivity contribution in [2.24, 2.45) is 4.99 Å². The largest absolute Gasteiger partial charge is 0.497 e. The number of rotatable bonds is 10. The van der Waals surface area contributed by atoms with Crippen LogP contribution in [0.3, 0.4) is 0 Å². The summed E-state index contributed by atoms with van der Waals surface area (Å²) < 4.78 is 10.2. The predicted molar refractivity (Wildman–Crippen MR) is 118 cm³/mol. The normalized spacial score (nSPS) is 14.7. The first-order valence-corrected chi connectivity index (χ1v) is 10.7. The van der Waals surface area contributed by atoms with Gasteiger partial charge in [-0.05, 0) is 44.0 Å². The molecule has 1 aliphatic heterocycles. The van der Waals surface area contributed by atoms with E-state index in [1.165, 1.54) is 5.69 Å². The van der Waals surface area contributed by atoms with Gasteiger partial charge in [0.1, 0.15) is 5.75 Å². The number of carbonyl (C=O) groups is 1. The lowest BCUT2D eigenvalue weighted by atomic mass is 10.1. The first kappa shape index (κ1) is 22.8. The van der Waals surface area contributed by atoms with E-state index in [2.05, 4.69) is 32.2 Å². The number of aliphatic imine (C=N–C) groups is 1. The van der Waals surface area contributed by atoms with E-state index in [0.717, 1.165) is 70.1 Å². The molecule has 0 spiro atoms. The highest BCUT2D eigenvalue weighted by atomic mass is 16.5. The fourth-order valence-corrected chi connectivity index (χ4v) is 3.48. The Morgan fingerprint density at radius 2 is 1.76 bits per heavy atom. The number of nitrogens with zero attached hydrogens (tertiary/aromatic N) is 3. The molecule has 0 amide bonds. The predicted octanol–water partition coefficient (Wildman–Crippen LogP) is 2.91. The Morgan fingerprint density at radius 3 is 2.38 bits per heavy atom. The van der Waals surface area contributed by atoms with Crippen LogP contribution in [0.4, 0.5) is 5.69 Å². The summed E-state index contributed by atoms with van der Waals surface area (Å²) in [4.78, 5) is 20.5. The van der Waals surface area contributed by atoms with Gasteiger partial charge in [0.05, 0.1) is 13.7 Å². The Morgan fingerprint density at radius 1 is 1.07 bits per heavy atom. The van der Waals surface area contributed by atoms with Gasteiger partial charge in [0.15, 0.2) is 5.96 Å². The summed E-state index contributed by atoms with van der Waals surface area (Å²) in [6.45, 7) is 7.06. The lowest BCUT2D eigenvalue weighted by Crippen LogP contribution is -2.52. The number of piperazine rings is 1. The Bertz CT molecular complexity index is 625. The van der Waals surface area contributed by atoms with Crippen LogP contribution in [-0.4, -0.2) is 70.3 Å². The monoisotopic (exact) mass is 404 g/mol. The van der Waals surface area contributed by atoms with Gasteiger partial charge in [-0.25, -0.2) is 0 Å². The molecule has 1 N–H and O–H groups in total. The number of hydrogen-bond donors (Lipinski definition) is 1. The number of hydrogen-bond acceptors (Lipinski definition) is 5. The highest BCUT2D eigenvalue weighted by Crippen LogP contribution is 2.20. The molecule has 1 saturated heterocycles. The highest BCUT2D eigenvalue weighted by Gasteiger charge is 2.19. The molecule has 0 unspecified atom stereocenters. The number of guanidine groups is 1. The van der Waals surface area contributed by atoms with Crippen molar-refractivity contribution in [3.8, 4) is 5.75 Å². The smallest absolute Gasteiger partial charge is 0.305 e. The van der Waals surface area contributed by atoms with Crippen LogP contribution in [0.5, 0.6) is 5.75 Å². The van der Waals surface area contributed by atoms with E-state index in [0.29, 0.717) is 13.0 Å². The fraction of sp³-hybridized carbons (Fsp3) is 0.636. The van der Waals surface area contributed by atoms with Crippen LogP contribution in [0.1, 0.15) is 39.0 Å². The van der Waals surface area contributed by atoms with Gasteiger partial charge in [0.2, 0.25) is 0 Å². The third-order valence-corrected chi connectivity index (χ3v) is 5.12. The summed E-state index contributed by atoms with van der Waals surface area (Å²) >= 11 is 0. The van der Waals surface area contributed by atoms with E-state index in [9.17, 15) is 4.79 Å². The maximum absolute atomic E-state index is 11.3. The van der Waals surface area contributed by atoms with Gasteiger partial charge >= 0.3 is 5.97 Å². The fourth-order valence-electron chi connectivity index (χ4n) is 3.48. The van der Waals surface area contributed by atoms with Crippen molar-refractivity contribution in [3.63, 3.8) is 0 Å². The van der Waals surface area contributed by atoms with E-state index >= 15 is 0 Å². The van der Waals surface area contributed by atoms with Crippen molar-refractivity contribution in [3.05, 3.63) is 24.3 Å². The van der Waals surface area contributed by atoms with Crippen molar-refractivity contribution in [1.29, 1.82) is 0 Å². The number of unbranched alkanes of at least 4 members (excludes halogenated alkanes) is 3. The second-order valence-corrected chi connectivity index (χ2v) is 7.12. The lowest BCUT2D eigenvalue weighted by molar-refractivity contribution is -0.143. The molecule has 29 heavy (non-hydrogen) atoms. The van der Waals surface area contributed by atoms with Crippen molar-refractivity contribution in [2.75, 3.05) is 58.4 Å². The zero-order valence-electron chi connectivity index (χ0n) is 18.2. The molecule has 2 rings (SSSR count). The molecular formula is C22H36N4O3. The molecule has 1 fully saturated rings. The lowest BCUT2D eigenvalue weighted by Gasteiger charge is -2.37. The maximum atomic E-state index is 11.3. The van der Waals surface area contributed by atoms with Gasteiger partial charge < -0.3 is 24.6 Å². The van der Waals surface area contributed by atoms with Crippen LogP contribution >= 0.6 is 0 Å². The molecule has 1 aliphatic rings. The standard InChI is InChI=1S/C22H36N4O3/c1-4-29-21(27)9-7-5-6-8-14-24-22(23-2)26-17-15-25(16-18-26)19-10-12-20(28-3)13-11-19/h10-13H,4-9,14-18H2,1-3H3,(H,23,24). The van der Waals surface area contributed by atoms with Crippen LogP contribution in [0.15, 0.2) is 29.3 Å². The molecule has 1 heterocycles. The summed E-state index contributed by atoms with van der Waals surface area (Å²) in [6, 6.07) is 8.25. The Balaban J connectivity index is 1.62. The molecule has 1 aromatic rings. The number of nitrogens with one attached hydrogen (secondary N) is 1. The molecular weight excluding hydrogens is 368 g/mol. The molecule has 0 aromatic heterocycles. The van der Waals surface area contributed by atoms with Crippen LogP contribution in [0.2, 0.25) is 0 Å². The van der Waals surface area contributed by atoms with Crippen molar-refractivity contribution < 1.29 is 14.3 Å². The molecule has 0 bridgehead atoms. The van der Waals surface area contributed by atoms with Crippen LogP contribution < -0.4 is 15.0 Å². The number of anilines is 1. The number of carbonyl (C=O) groups excluding carboxylic acids is 1. The molecule has 0 atom stereocenters.